The van der Waals surface area contributed by atoms with Crippen LogP contribution in [0.1, 0.15) is 26.7 Å². The Morgan fingerprint density at radius 1 is 1.26 bits per heavy atom. The Bertz CT molecular complexity index is 501. The van der Waals surface area contributed by atoms with Crippen LogP contribution in [0.3, 0.4) is 0 Å². The molecule has 0 aromatic heterocycles. The third-order valence-electron chi connectivity index (χ3n) is 3.29. The fourth-order valence-corrected chi connectivity index (χ4v) is 3.16. The first kappa shape index (κ1) is 16.1. The van der Waals surface area contributed by atoms with Crippen molar-refractivity contribution in [3.63, 3.8) is 0 Å². The summed E-state index contributed by atoms with van der Waals surface area (Å²) in [6, 6.07) is 5.02. The summed E-state index contributed by atoms with van der Waals surface area (Å²) in [4.78, 5) is -0.341. The Morgan fingerprint density at radius 2 is 1.84 bits per heavy atom. The third-order valence-corrected chi connectivity index (χ3v) is 4.75. The lowest BCUT2D eigenvalue weighted by molar-refractivity contribution is 0.392. The maximum atomic E-state index is 13.5. The number of nitrogens with two attached hydrogens (primary N) is 1. The molecule has 19 heavy (non-hydrogen) atoms. The lowest BCUT2D eigenvalue weighted by Gasteiger charge is -2.21. The zero-order chi connectivity index (χ0) is 14.5. The van der Waals surface area contributed by atoms with Crippen LogP contribution in [0, 0.1) is 11.7 Å². The minimum absolute atomic E-state index is 0.114. The molecule has 0 saturated carbocycles. The first-order valence-corrected chi connectivity index (χ1v) is 7.90. The van der Waals surface area contributed by atoms with Gasteiger partial charge in [0.25, 0.3) is 0 Å². The lowest BCUT2D eigenvalue weighted by atomic mass is 9.95. The third kappa shape index (κ3) is 4.26. The fraction of sp³-hybridized carbons (Fsp3) is 0.538. The van der Waals surface area contributed by atoms with E-state index < -0.39 is 15.8 Å². The van der Waals surface area contributed by atoms with E-state index in [1.54, 1.807) is 0 Å². The largest absolute Gasteiger partial charge is 0.326 e. The highest BCUT2D eigenvalue weighted by Gasteiger charge is 2.21. The molecule has 0 aliphatic heterocycles. The number of hydrogen-bond donors (Lipinski definition) is 2. The second kappa shape index (κ2) is 6.98. The minimum atomic E-state index is -3.84. The summed E-state index contributed by atoms with van der Waals surface area (Å²) >= 11 is 0. The van der Waals surface area contributed by atoms with Gasteiger partial charge in [0.15, 0.2) is 0 Å². The van der Waals surface area contributed by atoms with Crippen molar-refractivity contribution in [1.82, 2.24) is 4.72 Å². The Labute approximate surface area is 114 Å². The van der Waals surface area contributed by atoms with Gasteiger partial charge in [-0.05, 0) is 18.1 Å². The molecule has 108 valence electrons. The van der Waals surface area contributed by atoms with E-state index in [9.17, 15) is 12.8 Å². The van der Waals surface area contributed by atoms with Crippen LogP contribution < -0.4 is 10.5 Å². The molecule has 0 spiro atoms. The molecule has 1 atom stereocenters. The normalized spacial score (nSPS) is 13.7. The van der Waals surface area contributed by atoms with Gasteiger partial charge in [0.05, 0.1) is 0 Å². The van der Waals surface area contributed by atoms with Crippen molar-refractivity contribution < 1.29 is 12.8 Å². The van der Waals surface area contributed by atoms with E-state index in [2.05, 4.69) is 4.72 Å². The van der Waals surface area contributed by atoms with Crippen molar-refractivity contribution in [1.29, 1.82) is 0 Å². The van der Waals surface area contributed by atoms with Gasteiger partial charge in [-0.15, -0.1) is 0 Å². The van der Waals surface area contributed by atoms with Crippen molar-refractivity contribution in [3.05, 3.63) is 30.1 Å². The molecule has 0 aliphatic carbocycles. The fourth-order valence-electron chi connectivity index (χ4n) is 2.01. The Balaban J connectivity index is 2.74. The SMILES string of the molecule is CCC(CC)C(N)CNS(=O)(=O)c1ccccc1F. The Hall–Kier alpha value is -0.980. The van der Waals surface area contributed by atoms with Crippen LogP contribution in [-0.2, 0) is 10.0 Å². The summed E-state index contributed by atoms with van der Waals surface area (Å²) < 4.78 is 39.7. The molecule has 0 heterocycles. The maximum Gasteiger partial charge on any atom is 0.243 e. The van der Waals surface area contributed by atoms with E-state index in [4.69, 9.17) is 5.73 Å². The number of sulfonamides is 1. The Kier molecular flexibility index (Phi) is 5.90. The first-order valence-electron chi connectivity index (χ1n) is 6.42. The van der Waals surface area contributed by atoms with Crippen LogP contribution in [0.4, 0.5) is 4.39 Å². The van der Waals surface area contributed by atoms with E-state index in [-0.39, 0.29) is 23.4 Å². The van der Waals surface area contributed by atoms with Crippen LogP contribution in [0.2, 0.25) is 0 Å². The molecule has 0 radical (unpaired) electrons. The van der Waals surface area contributed by atoms with Gasteiger partial charge in [-0.25, -0.2) is 17.5 Å². The highest BCUT2D eigenvalue weighted by molar-refractivity contribution is 7.89. The molecule has 0 aliphatic rings. The summed E-state index contributed by atoms with van der Waals surface area (Å²) in [6.45, 7) is 4.14. The molecular formula is C13H21FN2O2S. The van der Waals surface area contributed by atoms with E-state index in [0.29, 0.717) is 0 Å². The van der Waals surface area contributed by atoms with Crippen molar-refractivity contribution >= 4 is 10.0 Å². The number of benzene rings is 1. The molecule has 6 heteroatoms. The number of rotatable bonds is 7. The highest BCUT2D eigenvalue weighted by atomic mass is 32.2. The van der Waals surface area contributed by atoms with E-state index >= 15 is 0 Å². The van der Waals surface area contributed by atoms with Crippen molar-refractivity contribution in [2.75, 3.05) is 6.54 Å². The average Bonchev–Trinajstić information content (AvgIpc) is 2.38. The van der Waals surface area contributed by atoms with Gasteiger partial charge in [-0.1, -0.05) is 38.8 Å². The van der Waals surface area contributed by atoms with E-state index in [1.807, 2.05) is 13.8 Å². The van der Waals surface area contributed by atoms with Gasteiger partial charge in [0.1, 0.15) is 10.7 Å². The predicted molar refractivity (Wildman–Crippen MR) is 73.6 cm³/mol. The highest BCUT2D eigenvalue weighted by Crippen LogP contribution is 2.14. The molecule has 0 bridgehead atoms. The topological polar surface area (TPSA) is 72.2 Å². The summed E-state index contributed by atoms with van der Waals surface area (Å²) in [7, 11) is -3.84. The maximum absolute atomic E-state index is 13.5. The number of hydrogen-bond acceptors (Lipinski definition) is 3. The van der Waals surface area contributed by atoms with Crippen molar-refractivity contribution in [3.8, 4) is 0 Å². The van der Waals surface area contributed by atoms with Gasteiger partial charge in [-0.3, -0.25) is 0 Å². The first-order chi connectivity index (χ1) is 8.92. The molecule has 1 rings (SSSR count). The second-order valence-corrected chi connectivity index (χ2v) is 6.26. The van der Waals surface area contributed by atoms with Crippen LogP contribution in [0.5, 0.6) is 0 Å². The monoisotopic (exact) mass is 288 g/mol. The van der Waals surface area contributed by atoms with Gasteiger partial charge >= 0.3 is 0 Å². The smallest absolute Gasteiger partial charge is 0.243 e. The van der Waals surface area contributed by atoms with Gasteiger partial charge in [0, 0.05) is 12.6 Å². The van der Waals surface area contributed by atoms with Gasteiger partial charge in [-0.2, -0.15) is 0 Å². The summed E-state index contributed by atoms with van der Waals surface area (Å²) in [6.07, 6.45) is 1.78. The molecule has 0 amide bonds. The van der Waals surface area contributed by atoms with Crippen molar-refractivity contribution in [2.24, 2.45) is 11.7 Å². The van der Waals surface area contributed by atoms with Crippen LogP contribution in [-0.4, -0.2) is 21.0 Å². The van der Waals surface area contributed by atoms with Gasteiger partial charge in [0.2, 0.25) is 10.0 Å². The summed E-state index contributed by atoms with van der Waals surface area (Å²) in [5, 5.41) is 0. The number of nitrogens with one attached hydrogen (secondary N) is 1. The zero-order valence-electron chi connectivity index (χ0n) is 11.3. The van der Waals surface area contributed by atoms with Crippen LogP contribution in [0.15, 0.2) is 29.2 Å². The minimum Gasteiger partial charge on any atom is -0.326 e. The molecule has 0 fully saturated rings. The molecule has 1 aromatic carbocycles. The standard InChI is InChI=1S/C13H21FN2O2S/c1-3-10(4-2)12(15)9-16-19(17,18)13-8-6-5-7-11(13)14/h5-8,10,12,16H,3-4,9,15H2,1-2H3. The van der Waals surface area contributed by atoms with Crippen molar-refractivity contribution in [2.45, 2.75) is 37.6 Å². The molecule has 4 nitrogen and oxygen atoms in total. The van der Waals surface area contributed by atoms with Crippen LogP contribution in [0.25, 0.3) is 0 Å². The quantitative estimate of drug-likeness (QED) is 0.804. The second-order valence-electron chi connectivity index (χ2n) is 4.52. The zero-order valence-corrected chi connectivity index (χ0v) is 12.1. The molecule has 0 saturated heterocycles. The van der Waals surface area contributed by atoms with E-state index in [0.717, 1.165) is 18.9 Å². The summed E-state index contributed by atoms with van der Waals surface area (Å²) in [5.74, 6) is -0.505. The molecule has 3 N–H and O–H groups in total. The lowest BCUT2D eigenvalue weighted by Crippen LogP contribution is -2.41. The predicted octanol–water partition coefficient (Wildman–Crippen LogP) is 1.87. The summed E-state index contributed by atoms with van der Waals surface area (Å²) in [5.41, 5.74) is 5.94. The molecular weight excluding hydrogens is 267 g/mol. The molecule has 1 aromatic rings. The Morgan fingerprint density at radius 3 is 2.37 bits per heavy atom. The van der Waals surface area contributed by atoms with Crippen LogP contribution >= 0.6 is 0 Å². The molecule has 1 unspecified atom stereocenters. The number of halogens is 1. The van der Waals surface area contributed by atoms with Gasteiger partial charge < -0.3 is 5.73 Å². The van der Waals surface area contributed by atoms with E-state index in [1.165, 1.54) is 18.2 Å². The average molecular weight is 288 g/mol.